The molecule has 1 atom stereocenters. The minimum absolute atomic E-state index is 0.205. The molecule has 122 valence electrons. The Kier molecular flexibility index (Phi) is 4.37. The molecule has 1 fully saturated rings. The average Bonchev–Trinajstić information content (AvgIpc) is 2.87. The third-order valence-corrected chi connectivity index (χ3v) is 3.85. The Hall–Kier alpha value is -3.02. The van der Waals surface area contributed by atoms with Gasteiger partial charge in [0.2, 0.25) is 11.8 Å². The van der Waals surface area contributed by atoms with E-state index in [2.05, 4.69) is 10.6 Å². The van der Waals surface area contributed by atoms with Crippen LogP contribution in [0.25, 0.3) is 0 Å². The van der Waals surface area contributed by atoms with Crippen molar-refractivity contribution in [3.63, 3.8) is 0 Å². The fourth-order valence-electron chi connectivity index (χ4n) is 2.61. The van der Waals surface area contributed by atoms with E-state index in [-0.39, 0.29) is 29.7 Å². The first-order chi connectivity index (χ1) is 11.5. The summed E-state index contributed by atoms with van der Waals surface area (Å²) in [6.45, 7) is 0. The van der Waals surface area contributed by atoms with Crippen molar-refractivity contribution < 1.29 is 18.8 Å². The number of nitrogens with one attached hydrogen (secondary N) is 2. The van der Waals surface area contributed by atoms with E-state index >= 15 is 0 Å². The van der Waals surface area contributed by atoms with Crippen LogP contribution in [0.3, 0.4) is 0 Å². The van der Waals surface area contributed by atoms with E-state index in [1.807, 2.05) is 0 Å². The van der Waals surface area contributed by atoms with Crippen LogP contribution in [0.4, 0.5) is 10.1 Å². The van der Waals surface area contributed by atoms with Crippen molar-refractivity contribution in [2.45, 2.75) is 12.8 Å². The molecule has 1 aliphatic rings. The molecule has 2 aromatic rings. The summed E-state index contributed by atoms with van der Waals surface area (Å²) in [5.41, 5.74) is 1.70. The van der Waals surface area contributed by atoms with E-state index in [0.717, 1.165) is 5.56 Å². The Morgan fingerprint density at radius 3 is 2.54 bits per heavy atom. The van der Waals surface area contributed by atoms with Crippen molar-refractivity contribution in [3.8, 4) is 0 Å². The molecule has 3 rings (SSSR count). The molecular weight excluding hydrogens is 311 g/mol. The molecular formula is C18H15FN2O3. The Balaban J connectivity index is 1.63. The van der Waals surface area contributed by atoms with Crippen LogP contribution in [0.5, 0.6) is 0 Å². The lowest BCUT2D eigenvalue weighted by Gasteiger charge is -2.08. The van der Waals surface area contributed by atoms with Crippen molar-refractivity contribution >= 4 is 23.4 Å². The molecule has 2 N–H and O–H groups in total. The number of anilines is 1. The maximum absolute atomic E-state index is 13.1. The van der Waals surface area contributed by atoms with Gasteiger partial charge in [-0.3, -0.25) is 19.7 Å². The highest BCUT2D eigenvalue weighted by Gasteiger charge is 2.30. The quantitative estimate of drug-likeness (QED) is 0.847. The standard InChI is InChI=1S/C18H15FN2O3/c19-14-3-1-2-12(9-14)17(23)20-15-6-4-11(5-7-15)8-13-10-16(22)21-18(13)24/h1-7,9,13H,8,10H2,(H,20,23)(H,21,22,24)/t13-/m0/s1. The molecule has 1 aliphatic heterocycles. The highest BCUT2D eigenvalue weighted by molar-refractivity contribution is 6.04. The second kappa shape index (κ2) is 6.62. The fourth-order valence-corrected chi connectivity index (χ4v) is 2.61. The lowest BCUT2D eigenvalue weighted by atomic mass is 9.98. The summed E-state index contributed by atoms with van der Waals surface area (Å²) < 4.78 is 13.1. The van der Waals surface area contributed by atoms with E-state index in [9.17, 15) is 18.8 Å². The van der Waals surface area contributed by atoms with Gasteiger partial charge in [0.1, 0.15) is 5.82 Å². The van der Waals surface area contributed by atoms with Gasteiger partial charge in [0.15, 0.2) is 0 Å². The first-order valence-electron chi connectivity index (χ1n) is 7.51. The van der Waals surface area contributed by atoms with Crippen LogP contribution in [0.2, 0.25) is 0 Å². The smallest absolute Gasteiger partial charge is 0.255 e. The second-order valence-electron chi connectivity index (χ2n) is 5.68. The first kappa shape index (κ1) is 15.9. The van der Waals surface area contributed by atoms with Crippen LogP contribution >= 0.6 is 0 Å². The van der Waals surface area contributed by atoms with Gasteiger partial charge in [-0.1, -0.05) is 18.2 Å². The molecule has 2 aromatic carbocycles. The van der Waals surface area contributed by atoms with E-state index in [0.29, 0.717) is 12.1 Å². The van der Waals surface area contributed by atoms with Crippen LogP contribution in [0, 0.1) is 11.7 Å². The highest BCUT2D eigenvalue weighted by Crippen LogP contribution is 2.19. The second-order valence-corrected chi connectivity index (χ2v) is 5.68. The molecule has 0 aromatic heterocycles. The van der Waals surface area contributed by atoms with Crippen LogP contribution < -0.4 is 10.6 Å². The third-order valence-electron chi connectivity index (χ3n) is 3.85. The van der Waals surface area contributed by atoms with Crippen molar-refractivity contribution in [2.75, 3.05) is 5.32 Å². The predicted octanol–water partition coefficient (Wildman–Crippen LogP) is 2.28. The Morgan fingerprint density at radius 2 is 1.92 bits per heavy atom. The molecule has 0 spiro atoms. The molecule has 0 unspecified atom stereocenters. The van der Waals surface area contributed by atoms with Crippen molar-refractivity contribution in [3.05, 3.63) is 65.5 Å². The number of hydrogen-bond donors (Lipinski definition) is 2. The molecule has 0 aliphatic carbocycles. The van der Waals surface area contributed by atoms with Gasteiger partial charge in [0, 0.05) is 17.7 Å². The molecule has 0 bridgehead atoms. The Morgan fingerprint density at radius 1 is 1.17 bits per heavy atom. The molecule has 0 saturated carbocycles. The SMILES string of the molecule is O=C1C[C@H](Cc2ccc(NC(=O)c3cccc(F)c3)cc2)C(=O)N1. The molecule has 1 heterocycles. The number of benzene rings is 2. The lowest BCUT2D eigenvalue weighted by Crippen LogP contribution is -2.22. The van der Waals surface area contributed by atoms with Gasteiger partial charge >= 0.3 is 0 Å². The molecule has 24 heavy (non-hydrogen) atoms. The summed E-state index contributed by atoms with van der Waals surface area (Å²) in [7, 11) is 0. The van der Waals surface area contributed by atoms with Crippen molar-refractivity contribution in [1.82, 2.24) is 5.32 Å². The molecule has 5 nitrogen and oxygen atoms in total. The van der Waals surface area contributed by atoms with Gasteiger partial charge < -0.3 is 5.32 Å². The number of carbonyl (C=O) groups is 3. The number of halogens is 1. The zero-order valence-corrected chi connectivity index (χ0v) is 12.7. The summed E-state index contributed by atoms with van der Waals surface area (Å²) in [6.07, 6.45) is 0.673. The van der Waals surface area contributed by atoms with Gasteiger partial charge in [0.25, 0.3) is 5.91 Å². The van der Waals surface area contributed by atoms with Gasteiger partial charge in [-0.2, -0.15) is 0 Å². The van der Waals surface area contributed by atoms with Crippen LogP contribution in [-0.4, -0.2) is 17.7 Å². The topological polar surface area (TPSA) is 75.3 Å². The normalized spacial score (nSPS) is 16.8. The Labute approximate surface area is 137 Å². The Bertz CT molecular complexity index is 802. The maximum Gasteiger partial charge on any atom is 0.255 e. The van der Waals surface area contributed by atoms with E-state index in [1.165, 1.54) is 24.3 Å². The first-order valence-corrected chi connectivity index (χ1v) is 7.51. The monoisotopic (exact) mass is 326 g/mol. The number of rotatable bonds is 4. The summed E-state index contributed by atoms with van der Waals surface area (Å²) in [5.74, 6) is -1.71. The summed E-state index contributed by atoms with van der Waals surface area (Å²) in [4.78, 5) is 34.8. The van der Waals surface area contributed by atoms with E-state index in [1.54, 1.807) is 24.3 Å². The van der Waals surface area contributed by atoms with Gasteiger partial charge in [0.05, 0.1) is 5.92 Å². The lowest BCUT2D eigenvalue weighted by molar-refractivity contribution is -0.125. The zero-order valence-electron chi connectivity index (χ0n) is 12.7. The summed E-state index contributed by atoms with van der Waals surface area (Å²) >= 11 is 0. The van der Waals surface area contributed by atoms with Crippen molar-refractivity contribution in [2.24, 2.45) is 5.92 Å². The van der Waals surface area contributed by atoms with Gasteiger partial charge in [-0.15, -0.1) is 0 Å². The zero-order chi connectivity index (χ0) is 17.1. The van der Waals surface area contributed by atoms with Crippen LogP contribution in [0.1, 0.15) is 22.3 Å². The molecule has 6 heteroatoms. The minimum Gasteiger partial charge on any atom is -0.322 e. The van der Waals surface area contributed by atoms with Crippen LogP contribution in [0.15, 0.2) is 48.5 Å². The summed E-state index contributed by atoms with van der Waals surface area (Å²) in [5, 5.41) is 4.96. The highest BCUT2D eigenvalue weighted by atomic mass is 19.1. The van der Waals surface area contributed by atoms with E-state index in [4.69, 9.17) is 0 Å². The average molecular weight is 326 g/mol. The van der Waals surface area contributed by atoms with Crippen LogP contribution in [-0.2, 0) is 16.0 Å². The number of amides is 3. The molecule has 3 amide bonds. The van der Waals surface area contributed by atoms with E-state index < -0.39 is 11.7 Å². The largest absolute Gasteiger partial charge is 0.322 e. The predicted molar refractivity (Wildman–Crippen MR) is 85.8 cm³/mol. The van der Waals surface area contributed by atoms with Gasteiger partial charge in [-0.05, 0) is 42.3 Å². The number of hydrogen-bond acceptors (Lipinski definition) is 3. The fraction of sp³-hybridized carbons (Fsp3) is 0.167. The summed E-state index contributed by atoms with van der Waals surface area (Å²) in [6, 6.07) is 12.4. The number of imide groups is 1. The molecule has 0 radical (unpaired) electrons. The number of carbonyl (C=O) groups excluding carboxylic acids is 3. The molecule has 1 saturated heterocycles. The minimum atomic E-state index is -0.470. The third kappa shape index (κ3) is 3.65. The maximum atomic E-state index is 13.1. The van der Waals surface area contributed by atoms with Gasteiger partial charge in [-0.25, -0.2) is 4.39 Å². The van der Waals surface area contributed by atoms with Crippen molar-refractivity contribution in [1.29, 1.82) is 0 Å².